The van der Waals surface area contributed by atoms with Gasteiger partial charge >= 0.3 is 5.97 Å². The summed E-state index contributed by atoms with van der Waals surface area (Å²) in [6.07, 6.45) is 6.01. The van der Waals surface area contributed by atoms with Crippen LogP contribution in [0.5, 0.6) is 0 Å². The molecule has 1 aliphatic carbocycles. The van der Waals surface area contributed by atoms with E-state index in [1.807, 2.05) is 6.92 Å². The van der Waals surface area contributed by atoms with Crippen LogP contribution in [0.25, 0.3) is 0 Å². The first-order valence-corrected chi connectivity index (χ1v) is 10.1. The highest BCUT2D eigenvalue weighted by Gasteiger charge is 2.20. The molecule has 0 aliphatic heterocycles. The number of carbonyl (C=O) groups is 2. The maximum atomic E-state index is 12.4. The topological polar surface area (TPSA) is 92.8 Å². The molecule has 1 amide bonds. The van der Waals surface area contributed by atoms with Crippen molar-refractivity contribution in [3.8, 4) is 0 Å². The monoisotopic (exact) mass is 380 g/mol. The van der Waals surface area contributed by atoms with Gasteiger partial charge in [-0.1, -0.05) is 12.1 Å². The molecule has 0 heterocycles. The third-order valence-corrected chi connectivity index (χ3v) is 5.62. The van der Waals surface area contributed by atoms with Crippen molar-refractivity contribution >= 4 is 21.9 Å². The Hall–Kier alpha value is -2.19. The van der Waals surface area contributed by atoms with Crippen molar-refractivity contribution < 1.29 is 22.7 Å². The number of hydrogen-bond acceptors (Lipinski definition) is 5. The van der Waals surface area contributed by atoms with Crippen LogP contribution in [0, 0.1) is 0 Å². The van der Waals surface area contributed by atoms with Crippen molar-refractivity contribution in [1.29, 1.82) is 0 Å². The van der Waals surface area contributed by atoms with Gasteiger partial charge < -0.3 is 9.64 Å². The minimum absolute atomic E-state index is 0.0386. The summed E-state index contributed by atoms with van der Waals surface area (Å²) in [5.41, 5.74) is 1.05. The van der Waals surface area contributed by atoms with E-state index in [0.717, 1.165) is 31.4 Å². The average molecular weight is 380 g/mol. The summed E-state index contributed by atoms with van der Waals surface area (Å²) in [4.78, 5) is 26.2. The normalized spacial score (nSPS) is 14.5. The molecular formula is C18H24N2O5S. The molecule has 0 saturated carbocycles. The maximum absolute atomic E-state index is 12.4. The van der Waals surface area contributed by atoms with Gasteiger partial charge in [0.2, 0.25) is 10.0 Å². The highest BCUT2D eigenvalue weighted by Crippen LogP contribution is 2.21. The van der Waals surface area contributed by atoms with E-state index < -0.39 is 16.0 Å². The number of rotatable bonds is 7. The molecular weight excluding hydrogens is 356 g/mol. The molecule has 0 radical (unpaired) electrons. The number of sulfonamides is 1. The van der Waals surface area contributed by atoms with Gasteiger partial charge in [-0.2, -0.15) is 0 Å². The van der Waals surface area contributed by atoms with Crippen LogP contribution in [0.1, 0.15) is 43.0 Å². The zero-order chi connectivity index (χ0) is 19.2. The highest BCUT2D eigenvalue weighted by atomic mass is 32.2. The summed E-state index contributed by atoms with van der Waals surface area (Å²) < 4.78 is 30.9. The second-order valence-corrected chi connectivity index (χ2v) is 7.78. The number of hydrogen-bond donors (Lipinski definition) is 1. The number of nitrogens with zero attached hydrogens (tertiary/aromatic N) is 1. The molecule has 142 valence electrons. The lowest BCUT2D eigenvalue weighted by molar-refractivity contribution is -0.132. The second kappa shape index (κ2) is 8.95. The van der Waals surface area contributed by atoms with Gasteiger partial charge in [0.05, 0.1) is 10.5 Å². The van der Waals surface area contributed by atoms with Crippen molar-refractivity contribution in [2.75, 3.05) is 20.2 Å². The zero-order valence-corrected chi connectivity index (χ0v) is 15.8. The molecule has 0 unspecified atom stereocenters. The Kier molecular flexibility index (Phi) is 6.93. The SMILES string of the molecule is CCN(C(=O)COC(=O)c1cccc(S(=O)(=O)NC)c1)C1=CCCCC1. The standard InChI is InChI=1S/C18H24N2O5S/c1-3-20(15-9-5-4-6-10-15)17(21)13-25-18(22)14-8-7-11-16(12-14)26(23,24)19-2/h7-9,11-12,19H,3-6,10,13H2,1-2H3. The van der Waals surface area contributed by atoms with Crippen molar-refractivity contribution in [2.24, 2.45) is 0 Å². The number of esters is 1. The molecule has 7 nitrogen and oxygen atoms in total. The van der Waals surface area contributed by atoms with Crippen molar-refractivity contribution in [1.82, 2.24) is 9.62 Å². The predicted molar refractivity (Wildman–Crippen MR) is 96.9 cm³/mol. The molecule has 0 saturated heterocycles. The van der Waals surface area contributed by atoms with Gasteiger partial charge in [0.25, 0.3) is 5.91 Å². The zero-order valence-electron chi connectivity index (χ0n) is 15.0. The van der Waals surface area contributed by atoms with Gasteiger partial charge in [-0.3, -0.25) is 4.79 Å². The lowest BCUT2D eigenvalue weighted by Gasteiger charge is -2.26. The molecule has 1 aliphatic rings. The van der Waals surface area contributed by atoms with E-state index >= 15 is 0 Å². The summed E-state index contributed by atoms with van der Waals surface area (Å²) in [6, 6.07) is 5.50. The van der Waals surface area contributed by atoms with Gasteiger partial charge in [-0.25, -0.2) is 17.9 Å². The largest absolute Gasteiger partial charge is 0.452 e. The second-order valence-electron chi connectivity index (χ2n) is 5.89. The summed E-state index contributed by atoms with van der Waals surface area (Å²) in [6.45, 7) is 2.01. The third kappa shape index (κ3) is 4.92. The quantitative estimate of drug-likeness (QED) is 0.731. The number of allylic oxidation sites excluding steroid dienone is 2. The molecule has 2 rings (SSSR count). The third-order valence-electron chi connectivity index (χ3n) is 4.21. The van der Waals surface area contributed by atoms with Crippen LogP contribution in [0.4, 0.5) is 0 Å². The molecule has 1 aromatic carbocycles. The number of ether oxygens (including phenoxy) is 1. The van der Waals surface area contributed by atoms with E-state index in [4.69, 9.17) is 4.74 Å². The number of benzene rings is 1. The van der Waals surface area contributed by atoms with E-state index in [1.165, 1.54) is 31.3 Å². The van der Waals surface area contributed by atoms with Crippen LogP contribution in [0.3, 0.4) is 0 Å². The molecule has 0 atom stereocenters. The number of likely N-dealkylation sites (N-methyl/N-ethyl adjacent to an activating group) is 1. The van der Waals surface area contributed by atoms with Gasteiger partial charge in [0.1, 0.15) is 0 Å². The number of carbonyl (C=O) groups excluding carboxylic acids is 2. The summed E-state index contributed by atoms with van der Waals surface area (Å²) in [5.74, 6) is -1.02. The Morgan fingerprint density at radius 3 is 2.65 bits per heavy atom. The van der Waals surface area contributed by atoms with Gasteiger partial charge in [0.15, 0.2) is 6.61 Å². The summed E-state index contributed by atoms with van der Waals surface area (Å²) in [7, 11) is -2.37. The first-order chi connectivity index (χ1) is 12.4. The predicted octanol–water partition coefficient (Wildman–Crippen LogP) is 2.06. The van der Waals surface area contributed by atoms with Crippen molar-refractivity contribution in [3.05, 3.63) is 41.6 Å². The Morgan fingerprint density at radius 2 is 2.04 bits per heavy atom. The first kappa shape index (κ1) is 20.1. The summed E-state index contributed by atoms with van der Waals surface area (Å²) >= 11 is 0. The van der Waals surface area contributed by atoms with Crippen LogP contribution < -0.4 is 4.72 Å². The average Bonchev–Trinajstić information content (AvgIpc) is 2.67. The van der Waals surface area contributed by atoms with Gasteiger partial charge in [0, 0.05) is 12.2 Å². The van der Waals surface area contributed by atoms with E-state index in [-0.39, 0.29) is 23.0 Å². The van der Waals surface area contributed by atoms with E-state index in [2.05, 4.69) is 10.8 Å². The van der Waals surface area contributed by atoms with Gasteiger partial charge in [-0.05, 0) is 57.9 Å². The lowest BCUT2D eigenvalue weighted by Crippen LogP contribution is -2.34. The number of amides is 1. The molecule has 0 aromatic heterocycles. The Bertz CT molecular complexity index is 802. The maximum Gasteiger partial charge on any atom is 0.338 e. The Balaban J connectivity index is 2.03. The van der Waals surface area contributed by atoms with E-state index in [9.17, 15) is 18.0 Å². The number of nitrogens with one attached hydrogen (secondary N) is 1. The Labute approximate surface area is 154 Å². The molecule has 0 bridgehead atoms. The smallest absolute Gasteiger partial charge is 0.338 e. The molecule has 0 fully saturated rings. The van der Waals surface area contributed by atoms with Crippen LogP contribution in [0.2, 0.25) is 0 Å². The minimum Gasteiger partial charge on any atom is -0.452 e. The van der Waals surface area contributed by atoms with Crippen LogP contribution >= 0.6 is 0 Å². The fourth-order valence-corrected chi connectivity index (χ4v) is 3.58. The highest BCUT2D eigenvalue weighted by molar-refractivity contribution is 7.89. The Morgan fingerprint density at radius 1 is 1.27 bits per heavy atom. The van der Waals surface area contributed by atoms with E-state index in [1.54, 1.807) is 4.90 Å². The van der Waals surface area contributed by atoms with Crippen LogP contribution in [0.15, 0.2) is 40.9 Å². The molecule has 1 aromatic rings. The fraction of sp³-hybridized carbons (Fsp3) is 0.444. The molecule has 8 heteroatoms. The summed E-state index contributed by atoms with van der Waals surface area (Å²) in [5, 5.41) is 0. The molecule has 26 heavy (non-hydrogen) atoms. The van der Waals surface area contributed by atoms with Crippen LogP contribution in [-0.2, 0) is 19.6 Å². The first-order valence-electron chi connectivity index (χ1n) is 8.59. The molecule has 1 N–H and O–H groups in total. The fourth-order valence-electron chi connectivity index (χ4n) is 2.80. The lowest BCUT2D eigenvalue weighted by atomic mass is 10.0. The van der Waals surface area contributed by atoms with Gasteiger partial charge in [-0.15, -0.1) is 0 Å². The molecule has 0 spiro atoms. The minimum atomic E-state index is -3.66. The van der Waals surface area contributed by atoms with Crippen molar-refractivity contribution in [2.45, 2.75) is 37.5 Å². The van der Waals surface area contributed by atoms with E-state index in [0.29, 0.717) is 6.54 Å². The van der Waals surface area contributed by atoms with Crippen LogP contribution in [-0.4, -0.2) is 45.4 Å². The van der Waals surface area contributed by atoms with Crippen molar-refractivity contribution in [3.63, 3.8) is 0 Å².